The molecule has 0 aliphatic carbocycles. The van der Waals surface area contributed by atoms with Crippen molar-refractivity contribution in [2.45, 2.75) is 31.3 Å². The van der Waals surface area contributed by atoms with Crippen molar-refractivity contribution in [2.24, 2.45) is 11.5 Å². The molecule has 0 aromatic heterocycles. The summed E-state index contributed by atoms with van der Waals surface area (Å²) in [5.74, 6) is 0.845. The zero-order valence-corrected chi connectivity index (χ0v) is 21.5. The number of benzene rings is 1. The lowest BCUT2D eigenvalue weighted by molar-refractivity contribution is 0.0367. The summed E-state index contributed by atoms with van der Waals surface area (Å²) in [5, 5.41) is 17.0. The van der Waals surface area contributed by atoms with Gasteiger partial charge in [0.15, 0.2) is 0 Å². The first-order valence-electron chi connectivity index (χ1n) is 13.7. The number of piperidine rings is 1. The highest BCUT2D eigenvalue weighted by molar-refractivity contribution is 5.70. The number of nitrogens with one attached hydrogen (secondary N) is 2. The van der Waals surface area contributed by atoms with Gasteiger partial charge in [-0.3, -0.25) is 4.90 Å². The largest absolute Gasteiger partial charge is 0.507 e. The Labute approximate surface area is 215 Å². The molecule has 3 fully saturated rings. The highest BCUT2D eigenvalue weighted by Gasteiger charge is 2.35. The minimum absolute atomic E-state index is 0.186. The second-order valence-corrected chi connectivity index (χ2v) is 10.7. The van der Waals surface area contributed by atoms with E-state index in [0.29, 0.717) is 29.2 Å². The van der Waals surface area contributed by atoms with Crippen molar-refractivity contribution in [1.29, 1.82) is 0 Å². The zero-order valence-electron chi connectivity index (χ0n) is 21.5. The molecular weight excluding hydrogens is 452 g/mol. The minimum Gasteiger partial charge on any atom is -0.507 e. The van der Waals surface area contributed by atoms with Crippen LogP contribution in [0.3, 0.4) is 0 Å². The number of nitrogens with zero attached hydrogens (tertiary/aromatic N) is 4. The van der Waals surface area contributed by atoms with Gasteiger partial charge in [0.2, 0.25) is 0 Å². The maximum atomic E-state index is 10.2. The van der Waals surface area contributed by atoms with Crippen LogP contribution >= 0.6 is 0 Å². The van der Waals surface area contributed by atoms with Crippen LogP contribution in [0.5, 0.6) is 5.75 Å². The van der Waals surface area contributed by atoms with Gasteiger partial charge in [-0.1, -0.05) is 12.1 Å². The number of phenolic OH excluding ortho intramolecular Hbond substituents is 1. The number of allylic oxidation sites excluding steroid dienone is 1. The van der Waals surface area contributed by atoms with Crippen molar-refractivity contribution in [1.82, 2.24) is 30.2 Å². The molecule has 0 bridgehead atoms. The fourth-order valence-corrected chi connectivity index (χ4v) is 6.24. The first-order valence-corrected chi connectivity index (χ1v) is 13.7. The number of phenols is 1. The molecule has 0 spiro atoms. The van der Waals surface area contributed by atoms with E-state index in [1.165, 1.54) is 58.5 Å². The molecule has 4 aliphatic rings. The summed E-state index contributed by atoms with van der Waals surface area (Å²) in [7, 11) is 0. The van der Waals surface area contributed by atoms with Crippen molar-refractivity contribution in [3.05, 3.63) is 47.4 Å². The van der Waals surface area contributed by atoms with Gasteiger partial charge >= 0.3 is 0 Å². The molecule has 36 heavy (non-hydrogen) atoms. The summed E-state index contributed by atoms with van der Waals surface area (Å²) in [6, 6.07) is 8.21. The Morgan fingerprint density at radius 2 is 1.69 bits per heavy atom. The number of aromatic hydroxyl groups is 1. The van der Waals surface area contributed by atoms with Gasteiger partial charge in [-0.15, -0.1) is 0 Å². The predicted molar refractivity (Wildman–Crippen MR) is 145 cm³/mol. The lowest BCUT2D eigenvalue weighted by Gasteiger charge is -2.49. The third-order valence-electron chi connectivity index (χ3n) is 8.37. The van der Waals surface area contributed by atoms with Crippen molar-refractivity contribution < 1.29 is 5.11 Å². The normalized spacial score (nSPS) is 25.6. The van der Waals surface area contributed by atoms with E-state index in [9.17, 15) is 5.11 Å². The Kier molecular flexibility index (Phi) is 8.21. The monoisotopic (exact) mass is 496 g/mol. The average molecular weight is 497 g/mol. The fraction of sp³-hybridized carbons (Fsp3) is 0.630. The summed E-state index contributed by atoms with van der Waals surface area (Å²) in [6.07, 6.45) is 5.72. The van der Waals surface area contributed by atoms with Gasteiger partial charge in [0, 0.05) is 69.7 Å². The van der Waals surface area contributed by atoms with E-state index in [1.807, 2.05) is 18.2 Å². The number of likely N-dealkylation sites (tertiary alicyclic amines) is 1. The number of piperazine rings is 2. The lowest BCUT2D eigenvalue weighted by atomic mass is 9.99. The van der Waals surface area contributed by atoms with E-state index in [-0.39, 0.29) is 5.75 Å². The van der Waals surface area contributed by atoms with Gasteiger partial charge in [0.1, 0.15) is 11.6 Å². The first kappa shape index (κ1) is 25.2. The lowest BCUT2D eigenvalue weighted by Crippen LogP contribution is -2.61. The standard InChI is InChI=1S/C27H44N8O/c28-24(23-4-1-2-5-26(23)36)18-25-27(29)31-19-22-20-34(16-17-35(22)25)21-6-12-32(13-7-21)10-3-11-33-14-8-30-9-15-33/h1-2,4-5,18,21-22,30-31,36H,3,6-17,19-20,28-29H2/b24-18-. The van der Waals surface area contributed by atoms with Gasteiger partial charge in [-0.05, 0) is 63.7 Å². The average Bonchev–Trinajstić information content (AvgIpc) is 2.91. The smallest absolute Gasteiger partial charge is 0.124 e. The molecule has 7 N–H and O–H groups in total. The Hall–Kier alpha value is -2.46. The van der Waals surface area contributed by atoms with Gasteiger partial charge < -0.3 is 41.9 Å². The van der Waals surface area contributed by atoms with E-state index in [0.717, 1.165) is 45.0 Å². The van der Waals surface area contributed by atoms with E-state index < -0.39 is 0 Å². The van der Waals surface area contributed by atoms with Gasteiger partial charge in [0.05, 0.1) is 11.7 Å². The Bertz CT molecular complexity index is 935. The van der Waals surface area contributed by atoms with Crippen LogP contribution in [0, 0.1) is 0 Å². The molecule has 1 atom stereocenters. The van der Waals surface area contributed by atoms with Crippen LogP contribution in [0.4, 0.5) is 0 Å². The molecule has 4 aliphatic heterocycles. The topological polar surface area (TPSA) is 109 Å². The van der Waals surface area contributed by atoms with Crippen LogP contribution in [0.15, 0.2) is 41.9 Å². The van der Waals surface area contributed by atoms with Gasteiger partial charge in [0.25, 0.3) is 0 Å². The predicted octanol–water partition coefficient (Wildman–Crippen LogP) is 0.169. The maximum Gasteiger partial charge on any atom is 0.124 e. The SMILES string of the molecule is NC1=C(/C=C(\N)c2ccccc2O)N2CCN(C3CCN(CCCN4CCNCC4)CC3)CC2CN1. The quantitative estimate of drug-likeness (QED) is 0.361. The van der Waals surface area contributed by atoms with E-state index in [1.54, 1.807) is 12.1 Å². The minimum atomic E-state index is 0.186. The number of hydrogen-bond acceptors (Lipinski definition) is 9. The molecule has 0 radical (unpaired) electrons. The molecule has 1 unspecified atom stereocenters. The summed E-state index contributed by atoms with van der Waals surface area (Å²) in [5.41, 5.74) is 14.9. The molecule has 0 saturated carbocycles. The summed E-state index contributed by atoms with van der Waals surface area (Å²) < 4.78 is 0. The summed E-state index contributed by atoms with van der Waals surface area (Å²) in [6.45, 7) is 13.5. The van der Waals surface area contributed by atoms with Gasteiger partial charge in [-0.2, -0.15) is 0 Å². The van der Waals surface area contributed by atoms with Crippen molar-refractivity contribution >= 4 is 5.70 Å². The second-order valence-electron chi connectivity index (χ2n) is 10.7. The van der Waals surface area contributed by atoms with E-state index in [2.05, 4.69) is 30.2 Å². The number of hydrogen-bond donors (Lipinski definition) is 5. The van der Waals surface area contributed by atoms with E-state index in [4.69, 9.17) is 11.5 Å². The van der Waals surface area contributed by atoms with Crippen molar-refractivity contribution in [3.8, 4) is 5.75 Å². The third-order valence-corrected chi connectivity index (χ3v) is 8.37. The molecule has 4 heterocycles. The van der Waals surface area contributed by atoms with Crippen LogP contribution in [0.2, 0.25) is 0 Å². The molecule has 5 rings (SSSR count). The van der Waals surface area contributed by atoms with Crippen LogP contribution in [0.25, 0.3) is 5.70 Å². The Balaban J connectivity index is 1.12. The third kappa shape index (κ3) is 5.91. The molecule has 9 nitrogen and oxygen atoms in total. The Morgan fingerprint density at radius 3 is 2.44 bits per heavy atom. The number of para-hydroxylation sites is 1. The number of rotatable bonds is 7. The molecule has 1 aromatic rings. The highest BCUT2D eigenvalue weighted by Crippen LogP contribution is 2.28. The molecule has 1 aromatic carbocycles. The van der Waals surface area contributed by atoms with Crippen LogP contribution < -0.4 is 22.1 Å². The first-order chi connectivity index (χ1) is 17.6. The second kappa shape index (κ2) is 11.7. The van der Waals surface area contributed by atoms with Crippen LogP contribution in [0.1, 0.15) is 24.8 Å². The maximum absolute atomic E-state index is 10.2. The van der Waals surface area contributed by atoms with Crippen molar-refractivity contribution in [2.75, 3.05) is 78.5 Å². The van der Waals surface area contributed by atoms with Crippen LogP contribution in [-0.2, 0) is 0 Å². The fourth-order valence-electron chi connectivity index (χ4n) is 6.24. The zero-order chi connectivity index (χ0) is 24.9. The summed E-state index contributed by atoms with van der Waals surface area (Å²) >= 11 is 0. The van der Waals surface area contributed by atoms with E-state index >= 15 is 0 Å². The molecular formula is C27H44N8O. The van der Waals surface area contributed by atoms with Gasteiger partial charge in [-0.25, -0.2) is 0 Å². The molecule has 0 amide bonds. The van der Waals surface area contributed by atoms with Crippen molar-refractivity contribution in [3.63, 3.8) is 0 Å². The van der Waals surface area contributed by atoms with Crippen LogP contribution in [-0.4, -0.2) is 115 Å². The number of fused-ring (bicyclic) bond motifs is 1. The molecule has 198 valence electrons. The summed E-state index contributed by atoms with van der Waals surface area (Å²) in [4.78, 5) is 10.4. The Morgan fingerprint density at radius 1 is 0.972 bits per heavy atom. The number of nitrogens with two attached hydrogens (primary N) is 2. The highest BCUT2D eigenvalue weighted by atomic mass is 16.3. The molecule has 3 saturated heterocycles. The molecule has 9 heteroatoms.